The van der Waals surface area contributed by atoms with Crippen LogP contribution in [0.15, 0.2) is 0 Å². The monoisotopic (exact) mass is 253 g/mol. The van der Waals surface area contributed by atoms with Crippen LogP contribution in [0.2, 0.25) is 0 Å². The molecule has 17 heavy (non-hydrogen) atoms. The first-order chi connectivity index (χ1) is 7.99. The van der Waals surface area contributed by atoms with Gasteiger partial charge in [0.15, 0.2) is 0 Å². The smallest absolute Gasteiger partial charge is 0.0653 e. The molecule has 108 valence electrons. The zero-order chi connectivity index (χ0) is 14.1. The Morgan fingerprint density at radius 3 is 1.41 bits per heavy atom. The molecule has 0 aromatic heterocycles. The second kappa shape index (κ2) is 21.0. The highest BCUT2D eigenvalue weighted by molar-refractivity contribution is 4.53. The van der Waals surface area contributed by atoms with Gasteiger partial charge >= 0.3 is 0 Å². The summed E-state index contributed by atoms with van der Waals surface area (Å²) in [5.41, 5.74) is 24.8. The fourth-order valence-corrected chi connectivity index (χ4v) is 0.596. The van der Waals surface area contributed by atoms with E-state index in [1.165, 1.54) is 5.01 Å². The Hall–Kier alpha value is -0.320. The molecule has 0 fully saturated rings. The largest absolute Gasteiger partial charge is 0.392 e. The highest BCUT2D eigenvalue weighted by atomic mass is 16.3. The Balaban J connectivity index is -0.000000205. The lowest BCUT2D eigenvalue weighted by molar-refractivity contribution is 0.129. The molecule has 13 N–H and O–H groups in total. The van der Waals surface area contributed by atoms with E-state index < -0.39 is 0 Å². The standard InChI is InChI=1S/C5H15N3O.2C2H8N2/c1-5(9)4-8(7)3-2-6;2*3-1-2-4/h5,9H,2-4,6-7H2,1H3;2*1-4H2. The van der Waals surface area contributed by atoms with Crippen LogP contribution >= 0.6 is 0 Å². The molecule has 0 saturated carbocycles. The number of hydrogen-bond acceptors (Lipinski definition) is 8. The van der Waals surface area contributed by atoms with Crippen LogP contribution in [0, 0.1) is 0 Å². The first kappa shape index (κ1) is 21.9. The van der Waals surface area contributed by atoms with Crippen LogP contribution in [0.1, 0.15) is 6.92 Å². The van der Waals surface area contributed by atoms with Gasteiger partial charge in [-0.25, -0.2) is 5.01 Å². The summed E-state index contributed by atoms with van der Waals surface area (Å²) in [6.45, 7) is 5.72. The molecule has 0 spiro atoms. The zero-order valence-corrected chi connectivity index (χ0v) is 10.9. The van der Waals surface area contributed by atoms with Crippen LogP contribution in [0.4, 0.5) is 0 Å². The van der Waals surface area contributed by atoms with Crippen LogP contribution < -0.4 is 34.5 Å². The second-order valence-corrected chi connectivity index (χ2v) is 3.29. The minimum Gasteiger partial charge on any atom is -0.392 e. The van der Waals surface area contributed by atoms with Gasteiger partial charge in [-0.05, 0) is 6.92 Å². The maximum absolute atomic E-state index is 8.79. The molecule has 8 heteroatoms. The van der Waals surface area contributed by atoms with E-state index in [9.17, 15) is 0 Å². The molecule has 1 unspecified atom stereocenters. The summed E-state index contributed by atoms with van der Waals surface area (Å²) in [5, 5.41) is 10.3. The molecule has 0 aromatic rings. The van der Waals surface area contributed by atoms with E-state index in [1.807, 2.05) is 0 Å². The summed E-state index contributed by atoms with van der Waals surface area (Å²) < 4.78 is 0. The quantitative estimate of drug-likeness (QED) is 0.186. The Labute approximate surface area is 104 Å². The van der Waals surface area contributed by atoms with Gasteiger partial charge in [0.1, 0.15) is 0 Å². The Bertz CT molecular complexity index is 108. The van der Waals surface area contributed by atoms with E-state index in [2.05, 4.69) is 0 Å². The van der Waals surface area contributed by atoms with E-state index in [0.29, 0.717) is 45.8 Å². The van der Waals surface area contributed by atoms with Crippen LogP contribution in [0.3, 0.4) is 0 Å². The first-order valence-corrected chi connectivity index (χ1v) is 5.68. The van der Waals surface area contributed by atoms with Crippen LogP contribution in [0.25, 0.3) is 0 Å². The zero-order valence-electron chi connectivity index (χ0n) is 10.9. The van der Waals surface area contributed by atoms with Crippen LogP contribution in [-0.2, 0) is 0 Å². The fourth-order valence-electron chi connectivity index (χ4n) is 0.596. The van der Waals surface area contributed by atoms with Gasteiger partial charge in [0.25, 0.3) is 0 Å². The number of aliphatic hydroxyl groups is 1. The predicted octanol–water partition coefficient (Wildman–Crippen LogP) is -3.69. The molecule has 0 aliphatic heterocycles. The molecule has 0 aromatic carbocycles. The van der Waals surface area contributed by atoms with E-state index in [0.717, 1.165) is 0 Å². The number of hydrazine groups is 1. The van der Waals surface area contributed by atoms with E-state index >= 15 is 0 Å². The third-order valence-corrected chi connectivity index (χ3v) is 1.25. The minimum absolute atomic E-state index is 0.374. The number of aliphatic hydroxyl groups excluding tert-OH is 1. The number of nitrogens with two attached hydrogens (primary N) is 6. The van der Waals surface area contributed by atoms with E-state index in [1.54, 1.807) is 6.92 Å². The lowest BCUT2D eigenvalue weighted by Crippen LogP contribution is -2.40. The molecule has 1 atom stereocenters. The molecular formula is C9H31N7O. The maximum Gasteiger partial charge on any atom is 0.0653 e. The van der Waals surface area contributed by atoms with E-state index in [-0.39, 0.29) is 6.10 Å². The lowest BCUT2D eigenvalue weighted by atomic mass is 10.4. The Morgan fingerprint density at radius 2 is 1.24 bits per heavy atom. The summed E-state index contributed by atoms with van der Waals surface area (Å²) >= 11 is 0. The molecule has 0 rings (SSSR count). The number of rotatable bonds is 6. The van der Waals surface area contributed by atoms with Gasteiger partial charge in [-0.15, -0.1) is 0 Å². The Kier molecular flexibility index (Phi) is 27.1. The highest BCUT2D eigenvalue weighted by Crippen LogP contribution is 1.81. The maximum atomic E-state index is 8.79. The molecule has 0 radical (unpaired) electrons. The van der Waals surface area contributed by atoms with Crippen molar-refractivity contribution < 1.29 is 5.11 Å². The number of hydrogen-bond donors (Lipinski definition) is 7. The van der Waals surface area contributed by atoms with Gasteiger partial charge in [-0.1, -0.05) is 0 Å². The fraction of sp³-hybridized carbons (Fsp3) is 1.00. The molecule has 0 heterocycles. The van der Waals surface area contributed by atoms with Crippen molar-refractivity contribution in [2.75, 3.05) is 45.8 Å². The van der Waals surface area contributed by atoms with Crippen LogP contribution in [-0.4, -0.2) is 62.0 Å². The van der Waals surface area contributed by atoms with Crippen molar-refractivity contribution in [3.05, 3.63) is 0 Å². The van der Waals surface area contributed by atoms with E-state index in [4.69, 9.17) is 39.6 Å². The normalized spacial score (nSPS) is 11.1. The van der Waals surface area contributed by atoms with Gasteiger partial charge in [-0.3, -0.25) is 5.84 Å². The van der Waals surface area contributed by atoms with Crippen molar-refractivity contribution in [1.82, 2.24) is 5.01 Å². The Morgan fingerprint density at radius 1 is 0.882 bits per heavy atom. The third-order valence-electron chi connectivity index (χ3n) is 1.25. The SMILES string of the molecule is CC(O)CN(N)CCN.NCCN.NCCN. The number of nitrogens with zero attached hydrogens (tertiary/aromatic N) is 1. The van der Waals surface area contributed by atoms with Crippen molar-refractivity contribution in [2.45, 2.75) is 13.0 Å². The van der Waals surface area contributed by atoms with Crippen molar-refractivity contribution in [2.24, 2.45) is 34.5 Å². The molecule has 0 aliphatic rings. The van der Waals surface area contributed by atoms with Gasteiger partial charge < -0.3 is 33.8 Å². The summed E-state index contributed by atoms with van der Waals surface area (Å²) in [4.78, 5) is 0. The average Bonchev–Trinajstić information content (AvgIpc) is 2.29. The summed E-state index contributed by atoms with van der Waals surface area (Å²) in [7, 11) is 0. The molecule has 8 nitrogen and oxygen atoms in total. The predicted molar refractivity (Wildman–Crippen MR) is 72.7 cm³/mol. The van der Waals surface area contributed by atoms with Crippen LogP contribution in [0.5, 0.6) is 0 Å². The summed E-state index contributed by atoms with van der Waals surface area (Å²) in [6.07, 6.45) is -0.374. The third kappa shape index (κ3) is 38.9. The average molecular weight is 253 g/mol. The van der Waals surface area contributed by atoms with Gasteiger partial charge in [0.2, 0.25) is 0 Å². The molecule has 0 amide bonds. The minimum atomic E-state index is -0.374. The topological polar surface area (TPSA) is 180 Å². The molecular weight excluding hydrogens is 222 g/mol. The van der Waals surface area contributed by atoms with Crippen molar-refractivity contribution >= 4 is 0 Å². The summed E-state index contributed by atoms with van der Waals surface area (Å²) in [6, 6.07) is 0. The first-order valence-electron chi connectivity index (χ1n) is 5.68. The summed E-state index contributed by atoms with van der Waals surface area (Å²) in [5.74, 6) is 5.38. The lowest BCUT2D eigenvalue weighted by Gasteiger charge is -2.15. The van der Waals surface area contributed by atoms with Crippen molar-refractivity contribution in [3.63, 3.8) is 0 Å². The van der Waals surface area contributed by atoms with Gasteiger partial charge in [-0.2, -0.15) is 0 Å². The molecule has 0 saturated heterocycles. The molecule has 0 bridgehead atoms. The highest BCUT2D eigenvalue weighted by Gasteiger charge is 2.00. The van der Waals surface area contributed by atoms with Crippen molar-refractivity contribution in [1.29, 1.82) is 0 Å². The van der Waals surface area contributed by atoms with Crippen molar-refractivity contribution in [3.8, 4) is 0 Å². The van der Waals surface area contributed by atoms with Gasteiger partial charge in [0.05, 0.1) is 6.10 Å². The van der Waals surface area contributed by atoms with Gasteiger partial charge in [0, 0.05) is 45.8 Å². The second-order valence-electron chi connectivity index (χ2n) is 3.29. The molecule has 0 aliphatic carbocycles.